The lowest BCUT2D eigenvalue weighted by Crippen LogP contribution is -2.50. The summed E-state index contributed by atoms with van der Waals surface area (Å²) in [6.45, 7) is 2.31. The highest BCUT2D eigenvalue weighted by Crippen LogP contribution is 2.41. The Morgan fingerprint density at radius 3 is 2.43 bits per heavy atom. The van der Waals surface area contributed by atoms with E-state index in [1.165, 1.54) is 65.6 Å². The maximum absolute atomic E-state index is 14.2. The molecule has 0 amide bonds. The molecule has 0 bridgehead atoms. The van der Waals surface area contributed by atoms with E-state index in [2.05, 4.69) is 11.7 Å². The zero-order valence-electron chi connectivity index (χ0n) is 18.5. The maximum atomic E-state index is 14.2. The van der Waals surface area contributed by atoms with E-state index in [0.717, 1.165) is 17.0 Å². The second-order valence-corrected chi connectivity index (χ2v) is 7.77. The van der Waals surface area contributed by atoms with Gasteiger partial charge in [-0.05, 0) is 60.7 Å². The van der Waals surface area contributed by atoms with Crippen LogP contribution < -0.4 is 0 Å². The normalized spacial score (nSPS) is 14.3. The lowest BCUT2D eigenvalue weighted by molar-refractivity contribution is -0.269. The predicted molar refractivity (Wildman–Crippen MR) is 122 cm³/mol. The van der Waals surface area contributed by atoms with Crippen molar-refractivity contribution in [2.24, 2.45) is 0 Å². The average Bonchev–Trinajstić information content (AvgIpc) is 3.22. The first-order valence-corrected chi connectivity index (χ1v) is 10.5. The van der Waals surface area contributed by atoms with Crippen LogP contribution in [-0.2, 0) is 5.60 Å². The van der Waals surface area contributed by atoms with E-state index >= 15 is 0 Å². The highest BCUT2D eigenvalue weighted by molar-refractivity contribution is 5.81. The van der Waals surface area contributed by atoms with Crippen LogP contribution in [0.25, 0.3) is 16.6 Å². The number of nitrogens with zero attached hydrogens (tertiary/aromatic N) is 3. The summed E-state index contributed by atoms with van der Waals surface area (Å²) in [6.07, 6.45) is -0.214. The molecule has 0 fully saturated rings. The van der Waals surface area contributed by atoms with Crippen LogP contribution in [-0.4, -0.2) is 45.5 Å². The fourth-order valence-corrected chi connectivity index (χ4v) is 3.50. The second kappa shape index (κ2) is 10.8. The summed E-state index contributed by atoms with van der Waals surface area (Å²) in [5, 5.41) is 15.4. The molecule has 1 unspecified atom stereocenters. The number of halogens is 6. The van der Waals surface area contributed by atoms with Crippen LogP contribution >= 0.6 is 0 Å². The Balaban J connectivity index is 1.99. The molecule has 0 spiro atoms. The van der Waals surface area contributed by atoms with Gasteiger partial charge in [0.05, 0.1) is 23.9 Å². The minimum Gasteiger partial charge on any atom is -0.375 e. The monoisotopic (exact) mass is 495 g/mol. The van der Waals surface area contributed by atoms with Crippen LogP contribution in [0, 0.1) is 5.82 Å². The number of fused-ring (bicyclic) bond motifs is 1. The van der Waals surface area contributed by atoms with E-state index in [4.69, 9.17) is 0 Å². The molecule has 0 saturated carbocycles. The first-order valence-electron chi connectivity index (χ1n) is 10.5. The number of allylic oxidation sites excluding steroid dienone is 3. The molecule has 10 heteroatoms. The van der Waals surface area contributed by atoms with Gasteiger partial charge in [-0.25, -0.2) is 17.9 Å². The van der Waals surface area contributed by atoms with Crippen molar-refractivity contribution in [2.75, 3.05) is 13.1 Å². The van der Waals surface area contributed by atoms with Crippen molar-refractivity contribution in [2.45, 2.75) is 24.6 Å². The van der Waals surface area contributed by atoms with Crippen molar-refractivity contribution in [1.82, 2.24) is 14.7 Å². The van der Waals surface area contributed by atoms with Crippen molar-refractivity contribution in [3.63, 3.8) is 0 Å². The zero-order chi connectivity index (χ0) is 25.6. The number of hydrogen-bond donors (Lipinski definition) is 1. The Hall–Kier alpha value is -3.53. The molecule has 0 aliphatic heterocycles. The summed E-state index contributed by atoms with van der Waals surface area (Å²) in [6, 6.07) is 9.11. The van der Waals surface area contributed by atoms with Gasteiger partial charge in [0, 0.05) is 11.9 Å². The molecule has 3 rings (SSSR count). The predicted octanol–water partition coefficient (Wildman–Crippen LogP) is 6.13. The average molecular weight is 495 g/mol. The smallest absolute Gasteiger partial charge is 0.375 e. The molecule has 35 heavy (non-hydrogen) atoms. The van der Waals surface area contributed by atoms with E-state index in [1.54, 1.807) is 0 Å². The van der Waals surface area contributed by atoms with Gasteiger partial charge in [-0.3, -0.25) is 0 Å². The molecule has 1 atom stereocenters. The molecular formula is C25H23F6N3O. The van der Waals surface area contributed by atoms with E-state index in [1.807, 2.05) is 0 Å². The molecule has 0 aliphatic rings. The molecule has 1 N–H and O–H groups in total. The summed E-state index contributed by atoms with van der Waals surface area (Å²) >= 11 is 0. The van der Waals surface area contributed by atoms with Gasteiger partial charge in [0.2, 0.25) is 5.60 Å². The van der Waals surface area contributed by atoms with Gasteiger partial charge in [-0.2, -0.15) is 18.3 Å². The number of hydrogen-bond acceptors (Lipinski definition) is 3. The SMILES string of the molecule is C=CC/C=C\N(C/C=C/C(F)F)CC(O)(c1ccc2c(cnn2-c2ccc(F)cc2)c1)C(F)(F)F. The van der Waals surface area contributed by atoms with Crippen molar-refractivity contribution in [3.8, 4) is 5.69 Å². The Morgan fingerprint density at radius 1 is 1.09 bits per heavy atom. The Labute approximate surface area is 198 Å². The number of aromatic nitrogens is 2. The van der Waals surface area contributed by atoms with Crippen LogP contribution in [0.2, 0.25) is 0 Å². The number of alkyl halides is 5. The van der Waals surface area contributed by atoms with Crippen LogP contribution in [0.5, 0.6) is 0 Å². The summed E-state index contributed by atoms with van der Waals surface area (Å²) in [5.74, 6) is -0.446. The number of aliphatic hydroxyl groups is 1. The fraction of sp³-hybridized carbons (Fsp3) is 0.240. The highest BCUT2D eigenvalue weighted by Gasteiger charge is 2.55. The molecule has 2 aromatic carbocycles. The molecule has 3 aromatic rings. The van der Waals surface area contributed by atoms with Gasteiger partial charge in [0.15, 0.2) is 0 Å². The quantitative estimate of drug-likeness (QED) is 0.272. The molecule has 4 nitrogen and oxygen atoms in total. The summed E-state index contributed by atoms with van der Waals surface area (Å²) in [5.41, 5.74) is -2.79. The first-order chi connectivity index (χ1) is 16.5. The third kappa shape index (κ3) is 6.13. The highest BCUT2D eigenvalue weighted by atomic mass is 19.4. The standard InChI is InChI=1S/C25H23F6N3O/c1-2-3-4-13-33(14-5-6-23(27)28)17-24(35,25(29,30)31)19-7-12-22-18(15-19)16-32-34(22)21-10-8-20(26)9-11-21/h2,4-13,15-16,23,35H,1,3,14,17H2/b6-5+,13-4-. The van der Waals surface area contributed by atoms with Crippen molar-refractivity contribution < 1.29 is 31.4 Å². The third-order valence-electron chi connectivity index (χ3n) is 5.26. The topological polar surface area (TPSA) is 41.3 Å². The molecule has 0 aliphatic carbocycles. The van der Waals surface area contributed by atoms with Gasteiger partial charge in [-0.1, -0.05) is 24.3 Å². The van der Waals surface area contributed by atoms with Crippen LogP contribution in [0.3, 0.4) is 0 Å². The first kappa shape index (κ1) is 26.1. The summed E-state index contributed by atoms with van der Waals surface area (Å²) in [4.78, 5) is 1.10. The lowest BCUT2D eigenvalue weighted by atomic mass is 9.91. The molecule has 0 saturated heterocycles. The molecular weight excluding hydrogens is 472 g/mol. The zero-order valence-corrected chi connectivity index (χ0v) is 18.5. The van der Waals surface area contributed by atoms with Crippen molar-refractivity contribution in [1.29, 1.82) is 0 Å². The van der Waals surface area contributed by atoms with Gasteiger partial charge in [0.25, 0.3) is 6.43 Å². The minimum absolute atomic E-state index is 0.277. The fourth-order valence-electron chi connectivity index (χ4n) is 3.50. The Bertz CT molecular complexity index is 1200. The summed E-state index contributed by atoms with van der Waals surface area (Å²) in [7, 11) is 0. The van der Waals surface area contributed by atoms with E-state index in [-0.39, 0.29) is 6.54 Å². The third-order valence-corrected chi connectivity index (χ3v) is 5.26. The van der Waals surface area contributed by atoms with Gasteiger partial charge >= 0.3 is 6.18 Å². The lowest BCUT2D eigenvalue weighted by Gasteiger charge is -2.35. The molecule has 0 radical (unpaired) electrons. The van der Waals surface area contributed by atoms with Gasteiger partial charge in [-0.15, -0.1) is 6.58 Å². The van der Waals surface area contributed by atoms with Crippen LogP contribution in [0.1, 0.15) is 12.0 Å². The summed E-state index contributed by atoms with van der Waals surface area (Å²) < 4.78 is 82.2. The van der Waals surface area contributed by atoms with E-state index < -0.39 is 36.1 Å². The van der Waals surface area contributed by atoms with E-state index in [0.29, 0.717) is 29.1 Å². The van der Waals surface area contributed by atoms with Crippen molar-refractivity contribution >= 4 is 10.9 Å². The second-order valence-electron chi connectivity index (χ2n) is 7.77. The Kier molecular flexibility index (Phi) is 8.06. The van der Waals surface area contributed by atoms with Crippen LogP contribution in [0.15, 0.2) is 85.7 Å². The number of benzene rings is 2. The van der Waals surface area contributed by atoms with Crippen molar-refractivity contribution in [3.05, 3.63) is 97.1 Å². The molecule has 186 valence electrons. The largest absolute Gasteiger partial charge is 0.423 e. The van der Waals surface area contributed by atoms with Crippen LogP contribution in [0.4, 0.5) is 26.3 Å². The Morgan fingerprint density at radius 2 is 1.80 bits per heavy atom. The van der Waals surface area contributed by atoms with E-state index in [9.17, 15) is 31.4 Å². The van der Waals surface area contributed by atoms with Gasteiger partial charge < -0.3 is 10.0 Å². The minimum atomic E-state index is -5.08. The van der Waals surface area contributed by atoms with Gasteiger partial charge in [0.1, 0.15) is 5.82 Å². The number of rotatable bonds is 10. The molecule has 1 aromatic heterocycles. The maximum Gasteiger partial charge on any atom is 0.423 e. The molecule has 1 heterocycles.